The highest BCUT2D eigenvalue weighted by Crippen LogP contribution is 2.44. The first kappa shape index (κ1) is 28.0. The normalized spacial score (nSPS) is 15.9. The fraction of sp³-hybridized carbons (Fsp3) is 0.125. The van der Waals surface area contributed by atoms with Crippen molar-refractivity contribution in [1.29, 1.82) is 0 Å². The molecule has 0 fully saturated rings. The maximum atomic E-state index is 2.59. The molecule has 2 aromatic heterocycles. The Kier molecular flexibility index (Phi) is 6.07. The Bertz CT molecular complexity index is 2810. The van der Waals surface area contributed by atoms with E-state index in [9.17, 15) is 0 Å². The van der Waals surface area contributed by atoms with Crippen molar-refractivity contribution in [3.63, 3.8) is 0 Å². The van der Waals surface area contributed by atoms with Crippen LogP contribution in [0.2, 0.25) is 0 Å². The summed E-state index contributed by atoms with van der Waals surface area (Å²) in [5.74, 6) is 0.529. The smallest absolute Gasteiger partial charge is 0.0537 e. The summed E-state index contributed by atoms with van der Waals surface area (Å²) in [7, 11) is 0. The van der Waals surface area contributed by atoms with Gasteiger partial charge in [0.15, 0.2) is 0 Å². The molecule has 50 heavy (non-hydrogen) atoms. The highest BCUT2D eigenvalue weighted by atomic mass is 15.0. The summed E-state index contributed by atoms with van der Waals surface area (Å²) in [4.78, 5) is 0. The van der Waals surface area contributed by atoms with Crippen LogP contribution in [0, 0.1) is 5.92 Å². The number of nitrogens with zero attached hydrogens (tertiary/aromatic N) is 2. The number of benzene rings is 7. The van der Waals surface area contributed by atoms with E-state index in [1.54, 1.807) is 11.1 Å². The zero-order chi connectivity index (χ0) is 32.8. The van der Waals surface area contributed by atoms with Crippen molar-refractivity contribution >= 4 is 60.2 Å². The fourth-order valence-corrected chi connectivity index (χ4v) is 9.59. The van der Waals surface area contributed by atoms with Crippen LogP contribution in [0.1, 0.15) is 35.4 Å². The van der Waals surface area contributed by atoms with E-state index in [4.69, 9.17) is 0 Å². The van der Waals surface area contributed by atoms with E-state index >= 15 is 0 Å². The van der Waals surface area contributed by atoms with Gasteiger partial charge in [0, 0.05) is 33.5 Å². The molecule has 0 aliphatic heterocycles. The van der Waals surface area contributed by atoms with E-state index < -0.39 is 0 Å². The SMILES string of the molecule is C1=C(C2CCc3c(n(-c4ccccc4)c4ccccc34)C2)CCc2c1n(-c1ccc3c4ccccc4c4ccccc4c3c1)c1ccccc21. The molecular weight excluding hydrogens is 605 g/mol. The van der Waals surface area contributed by atoms with Gasteiger partial charge in [-0.25, -0.2) is 0 Å². The quantitative estimate of drug-likeness (QED) is 0.170. The van der Waals surface area contributed by atoms with Crippen molar-refractivity contribution in [2.45, 2.75) is 32.1 Å². The first-order chi connectivity index (χ1) is 24.8. The van der Waals surface area contributed by atoms with Gasteiger partial charge in [0.2, 0.25) is 0 Å². The van der Waals surface area contributed by atoms with Gasteiger partial charge in [-0.2, -0.15) is 0 Å². The zero-order valence-electron chi connectivity index (χ0n) is 27.9. The molecule has 2 nitrogen and oxygen atoms in total. The maximum Gasteiger partial charge on any atom is 0.0537 e. The van der Waals surface area contributed by atoms with Crippen LogP contribution < -0.4 is 0 Å². The van der Waals surface area contributed by atoms with E-state index in [1.165, 1.54) is 88.9 Å². The summed E-state index contributed by atoms with van der Waals surface area (Å²) >= 11 is 0. The molecule has 0 N–H and O–H groups in total. The molecule has 1 atom stereocenters. The highest BCUT2D eigenvalue weighted by Gasteiger charge is 2.30. The monoisotopic (exact) mass is 640 g/mol. The Morgan fingerprint density at radius 1 is 0.420 bits per heavy atom. The number of allylic oxidation sites excluding steroid dienone is 1. The van der Waals surface area contributed by atoms with Crippen molar-refractivity contribution in [2.75, 3.05) is 0 Å². The van der Waals surface area contributed by atoms with Gasteiger partial charge in [-0.15, -0.1) is 0 Å². The van der Waals surface area contributed by atoms with E-state index in [-0.39, 0.29) is 0 Å². The maximum absolute atomic E-state index is 2.59. The van der Waals surface area contributed by atoms with Crippen molar-refractivity contribution in [3.8, 4) is 11.4 Å². The lowest BCUT2D eigenvalue weighted by Crippen LogP contribution is -2.20. The van der Waals surface area contributed by atoms with E-state index in [2.05, 4.69) is 161 Å². The third kappa shape index (κ3) is 4.02. The van der Waals surface area contributed by atoms with Crippen molar-refractivity contribution in [1.82, 2.24) is 9.13 Å². The third-order valence-corrected chi connectivity index (χ3v) is 11.8. The molecule has 0 bridgehead atoms. The predicted molar refractivity (Wildman–Crippen MR) is 211 cm³/mol. The second-order valence-electron chi connectivity index (χ2n) is 14.3. The van der Waals surface area contributed by atoms with Crippen molar-refractivity contribution in [2.24, 2.45) is 5.92 Å². The minimum absolute atomic E-state index is 0.529. The Balaban J connectivity index is 1.08. The van der Waals surface area contributed by atoms with Gasteiger partial charge in [0.05, 0.1) is 11.0 Å². The van der Waals surface area contributed by atoms with Crippen LogP contribution in [-0.2, 0) is 19.3 Å². The molecule has 238 valence electrons. The molecule has 2 aliphatic rings. The summed E-state index contributed by atoms with van der Waals surface area (Å²) in [6.45, 7) is 0. The number of rotatable bonds is 3. The summed E-state index contributed by atoms with van der Waals surface area (Å²) < 4.78 is 5.11. The van der Waals surface area contributed by atoms with Gasteiger partial charge >= 0.3 is 0 Å². The number of hydrogen-bond acceptors (Lipinski definition) is 0. The molecule has 0 saturated heterocycles. The lowest BCUT2D eigenvalue weighted by atomic mass is 9.78. The Morgan fingerprint density at radius 2 is 0.980 bits per heavy atom. The molecular formula is C48H36N2. The van der Waals surface area contributed by atoms with Gasteiger partial charge in [-0.1, -0.05) is 115 Å². The molecule has 0 spiro atoms. The van der Waals surface area contributed by atoms with Gasteiger partial charge in [0.25, 0.3) is 0 Å². The van der Waals surface area contributed by atoms with Gasteiger partial charge in [-0.05, 0) is 124 Å². The van der Waals surface area contributed by atoms with Crippen LogP contribution >= 0.6 is 0 Å². The standard InChI is InChI=1S/C48H36N2/c1-2-12-33(13-3-1)49-45-20-10-8-18-40(45)42-25-22-31(28-47(42)49)32-23-26-43-41-19-9-11-21-46(41)50(48(43)29-32)34-24-27-39-37-16-5-4-14-35(37)36-15-6-7-17-38(36)44(39)30-34/h1-21,24,27,29-31H,22-23,25-26,28H2. The second kappa shape index (κ2) is 10.8. The van der Waals surface area contributed by atoms with Gasteiger partial charge < -0.3 is 9.13 Å². The molecule has 1 unspecified atom stereocenters. The molecule has 11 rings (SSSR count). The van der Waals surface area contributed by atoms with E-state index in [0.29, 0.717) is 5.92 Å². The largest absolute Gasteiger partial charge is 0.313 e. The van der Waals surface area contributed by atoms with Crippen LogP contribution in [0.5, 0.6) is 0 Å². The van der Waals surface area contributed by atoms with E-state index in [0.717, 1.165) is 25.7 Å². The minimum Gasteiger partial charge on any atom is -0.313 e. The Labute approximate surface area is 291 Å². The fourth-order valence-electron chi connectivity index (χ4n) is 9.59. The Hall–Kier alpha value is -5.86. The van der Waals surface area contributed by atoms with Crippen LogP contribution in [-0.4, -0.2) is 9.13 Å². The van der Waals surface area contributed by atoms with Crippen LogP contribution in [0.3, 0.4) is 0 Å². The van der Waals surface area contributed by atoms with Crippen LogP contribution in [0.25, 0.3) is 71.6 Å². The lowest BCUT2D eigenvalue weighted by Gasteiger charge is -2.29. The first-order valence-electron chi connectivity index (χ1n) is 18.1. The summed E-state index contributed by atoms with van der Waals surface area (Å²) in [6.07, 6.45) is 8.20. The molecule has 0 amide bonds. The zero-order valence-corrected chi connectivity index (χ0v) is 27.9. The number of aryl methyl sites for hydroxylation is 2. The average Bonchev–Trinajstić information content (AvgIpc) is 3.70. The number of fused-ring (bicyclic) bond motifs is 12. The molecule has 2 heteroatoms. The van der Waals surface area contributed by atoms with Crippen molar-refractivity contribution in [3.05, 3.63) is 174 Å². The summed E-state index contributed by atoms with van der Waals surface area (Å²) in [6, 6.07) is 54.0. The van der Waals surface area contributed by atoms with Crippen molar-refractivity contribution < 1.29 is 0 Å². The summed E-state index contributed by atoms with van der Waals surface area (Å²) in [5, 5.41) is 10.7. The van der Waals surface area contributed by atoms with Gasteiger partial charge in [-0.3, -0.25) is 0 Å². The second-order valence-corrected chi connectivity index (χ2v) is 14.3. The molecule has 2 aliphatic carbocycles. The average molecular weight is 641 g/mol. The minimum atomic E-state index is 0.529. The van der Waals surface area contributed by atoms with E-state index in [1.807, 2.05) is 0 Å². The molecule has 0 saturated carbocycles. The number of hydrogen-bond donors (Lipinski definition) is 0. The predicted octanol–water partition coefficient (Wildman–Crippen LogP) is 12.2. The third-order valence-electron chi connectivity index (χ3n) is 11.8. The Morgan fingerprint density at radius 3 is 1.68 bits per heavy atom. The molecule has 9 aromatic rings. The molecule has 0 radical (unpaired) electrons. The first-order valence-corrected chi connectivity index (χ1v) is 18.1. The van der Waals surface area contributed by atoms with Crippen LogP contribution in [0.4, 0.5) is 0 Å². The molecule has 2 heterocycles. The topological polar surface area (TPSA) is 9.86 Å². The molecule has 7 aromatic carbocycles. The lowest BCUT2D eigenvalue weighted by molar-refractivity contribution is 0.501. The number of aromatic nitrogens is 2. The number of para-hydroxylation sites is 3. The van der Waals surface area contributed by atoms with Gasteiger partial charge in [0.1, 0.15) is 0 Å². The highest BCUT2D eigenvalue weighted by molar-refractivity contribution is 6.25. The van der Waals surface area contributed by atoms with Crippen LogP contribution in [0.15, 0.2) is 151 Å². The summed E-state index contributed by atoms with van der Waals surface area (Å²) in [5.41, 5.74) is 12.6.